The number of benzene rings is 4. The van der Waals surface area contributed by atoms with Crippen molar-refractivity contribution in [3.05, 3.63) is 107 Å². The van der Waals surface area contributed by atoms with Crippen LogP contribution in [0.3, 0.4) is 0 Å². The Kier molecular flexibility index (Phi) is 7.26. The van der Waals surface area contributed by atoms with Gasteiger partial charge in [-0.1, -0.05) is 36.4 Å². The van der Waals surface area contributed by atoms with Crippen molar-refractivity contribution in [2.75, 3.05) is 17.1 Å². The molecule has 0 aromatic heterocycles. The van der Waals surface area contributed by atoms with Crippen LogP contribution in [-0.2, 0) is 10.0 Å². The van der Waals surface area contributed by atoms with Crippen molar-refractivity contribution in [1.29, 1.82) is 0 Å². The number of carbonyl (C=O) groups excluding carboxylic acids is 1. The predicted molar refractivity (Wildman–Crippen MR) is 139 cm³/mol. The Labute approximate surface area is 214 Å². The van der Waals surface area contributed by atoms with Crippen LogP contribution in [0.15, 0.2) is 83.8 Å². The van der Waals surface area contributed by atoms with E-state index >= 15 is 0 Å². The standard InChI is InChI=1S/C28H24F2N2O4S/c1-17-5-4-6-18(2)27(17)32-37(34,35)26-16-22(12-14-25(26)36-3)31-28(33)23-13-9-20(15-24(23)30)19-7-10-21(29)11-8-19/h4-16,32H,1-3H3,(H,31,33). The Bertz CT molecular complexity index is 1570. The third kappa shape index (κ3) is 5.62. The Morgan fingerprint density at radius 3 is 2.11 bits per heavy atom. The first kappa shape index (κ1) is 25.8. The predicted octanol–water partition coefficient (Wildman–Crippen LogP) is 6.31. The summed E-state index contributed by atoms with van der Waals surface area (Å²) in [6, 6.07) is 19.1. The first-order valence-electron chi connectivity index (χ1n) is 11.2. The van der Waals surface area contributed by atoms with Crippen LogP contribution in [0.4, 0.5) is 20.2 Å². The van der Waals surface area contributed by atoms with Crippen molar-refractivity contribution in [2.45, 2.75) is 18.7 Å². The Morgan fingerprint density at radius 1 is 0.838 bits per heavy atom. The summed E-state index contributed by atoms with van der Waals surface area (Å²) >= 11 is 0. The zero-order valence-corrected chi connectivity index (χ0v) is 21.1. The van der Waals surface area contributed by atoms with Crippen LogP contribution in [0.2, 0.25) is 0 Å². The zero-order valence-electron chi connectivity index (χ0n) is 20.3. The van der Waals surface area contributed by atoms with E-state index in [1.54, 1.807) is 32.0 Å². The molecule has 4 aromatic carbocycles. The molecule has 4 rings (SSSR count). The van der Waals surface area contributed by atoms with E-state index in [1.807, 2.05) is 6.07 Å². The van der Waals surface area contributed by atoms with Crippen molar-refractivity contribution >= 4 is 27.3 Å². The normalized spacial score (nSPS) is 11.2. The fraction of sp³-hybridized carbons (Fsp3) is 0.107. The van der Waals surface area contributed by atoms with E-state index in [1.165, 1.54) is 61.7 Å². The summed E-state index contributed by atoms with van der Waals surface area (Å²) in [5.74, 6) is -1.88. The van der Waals surface area contributed by atoms with Crippen molar-refractivity contribution in [3.63, 3.8) is 0 Å². The van der Waals surface area contributed by atoms with E-state index in [9.17, 15) is 22.0 Å². The van der Waals surface area contributed by atoms with Crippen LogP contribution < -0.4 is 14.8 Å². The maximum atomic E-state index is 14.8. The number of hydrogen-bond donors (Lipinski definition) is 2. The SMILES string of the molecule is COc1ccc(NC(=O)c2ccc(-c3ccc(F)cc3)cc2F)cc1S(=O)(=O)Nc1c(C)cccc1C. The molecule has 9 heteroatoms. The van der Waals surface area contributed by atoms with Crippen molar-refractivity contribution < 1.29 is 26.7 Å². The fourth-order valence-corrected chi connectivity index (χ4v) is 5.25. The molecule has 1 amide bonds. The van der Waals surface area contributed by atoms with Crippen molar-refractivity contribution in [3.8, 4) is 16.9 Å². The summed E-state index contributed by atoms with van der Waals surface area (Å²) in [5.41, 5.74) is 2.90. The number of methoxy groups -OCH3 is 1. The lowest BCUT2D eigenvalue weighted by atomic mass is 10.0. The lowest BCUT2D eigenvalue weighted by Crippen LogP contribution is -2.17. The van der Waals surface area contributed by atoms with Gasteiger partial charge in [-0.25, -0.2) is 17.2 Å². The molecule has 2 N–H and O–H groups in total. The van der Waals surface area contributed by atoms with E-state index in [0.29, 0.717) is 16.8 Å². The van der Waals surface area contributed by atoms with E-state index in [0.717, 1.165) is 11.1 Å². The number of para-hydroxylation sites is 1. The fourth-order valence-electron chi connectivity index (χ4n) is 3.85. The van der Waals surface area contributed by atoms with E-state index in [-0.39, 0.29) is 21.9 Å². The van der Waals surface area contributed by atoms with Gasteiger partial charge in [-0.2, -0.15) is 0 Å². The van der Waals surface area contributed by atoms with Gasteiger partial charge < -0.3 is 10.1 Å². The molecular weight excluding hydrogens is 498 g/mol. The smallest absolute Gasteiger partial charge is 0.265 e. The molecule has 0 fully saturated rings. The van der Waals surface area contributed by atoms with E-state index in [4.69, 9.17) is 4.74 Å². The highest BCUT2D eigenvalue weighted by atomic mass is 32.2. The van der Waals surface area contributed by atoms with Crippen LogP contribution in [0, 0.1) is 25.5 Å². The van der Waals surface area contributed by atoms with Gasteiger partial charge in [0, 0.05) is 5.69 Å². The molecule has 0 aliphatic carbocycles. The molecule has 0 atom stereocenters. The number of nitrogens with one attached hydrogen (secondary N) is 2. The van der Waals surface area contributed by atoms with Crippen LogP contribution in [0.5, 0.6) is 5.75 Å². The molecule has 0 heterocycles. The summed E-state index contributed by atoms with van der Waals surface area (Å²) < 4.78 is 62.3. The molecule has 0 spiro atoms. The van der Waals surface area contributed by atoms with E-state index in [2.05, 4.69) is 10.0 Å². The van der Waals surface area contributed by atoms with Gasteiger partial charge in [0.25, 0.3) is 15.9 Å². The average molecular weight is 523 g/mol. The largest absolute Gasteiger partial charge is 0.495 e. The maximum absolute atomic E-state index is 14.8. The third-order valence-electron chi connectivity index (χ3n) is 5.82. The minimum Gasteiger partial charge on any atom is -0.495 e. The highest BCUT2D eigenvalue weighted by molar-refractivity contribution is 7.92. The van der Waals surface area contributed by atoms with E-state index < -0.39 is 27.6 Å². The highest BCUT2D eigenvalue weighted by Gasteiger charge is 2.23. The Morgan fingerprint density at radius 2 is 1.49 bits per heavy atom. The summed E-state index contributed by atoms with van der Waals surface area (Å²) in [6.07, 6.45) is 0. The Balaban J connectivity index is 1.61. The van der Waals surface area contributed by atoms with Gasteiger partial charge >= 0.3 is 0 Å². The minimum absolute atomic E-state index is 0.0755. The molecule has 0 saturated carbocycles. The van der Waals surface area contributed by atoms with Gasteiger partial charge in [0.2, 0.25) is 0 Å². The molecular formula is C28H24F2N2O4S. The second-order valence-electron chi connectivity index (χ2n) is 8.39. The number of hydrogen-bond acceptors (Lipinski definition) is 4. The average Bonchev–Trinajstić information content (AvgIpc) is 2.86. The van der Waals surface area contributed by atoms with Gasteiger partial charge in [0.05, 0.1) is 18.4 Å². The monoisotopic (exact) mass is 522 g/mol. The summed E-state index contributed by atoms with van der Waals surface area (Å²) in [7, 11) is -2.76. The molecule has 6 nitrogen and oxygen atoms in total. The highest BCUT2D eigenvalue weighted by Crippen LogP contribution is 2.31. The van der Waals surface area contributed by atoms with Gasteiger partial charge in [-0.15, -0.1) is 0 Å². The van der Waals surface area contributed by atoms with Crippen LogP contribution >= 0.6 is 0 Å². The molecule has 0 aliphatic heterocycles. The molecule has 0 unspecified atom stereocenters. The number of sulfonamides is 1. The molecule has 37 heavy (non-hydrogen) atoms. The topological polar surface area (TPSA) is 84.5 Å². The first-order chi connectivity index (χ1) is 17.6. The number of aryl methyl sites for hydroxylation is 2. The Hall–Kier alpha value is -4.24. The number of amides is 1. The minimum atomic E-state index is -4.10. The van der Waals surface area contributed by atoms with Gasteiger partial charge in [-0.3, -0.25) is 9.52 Å². The summed E-state index contributed by atoms with van der Waals surface area (Å²) in [5, 5.41) is 2.54. The van der Waals surface area contributed by atoms with Crippen LogP contribution in [0.1, 0.15) is 21.5 Å². The molecule has 0 bridgehead atoms. The number of halogens is 2. The number of rotatable bonds is 7. The zero-order chi connectivity index (χ0) is 26.7. The second kappa shape index (κ2) is 10.4. The lowest BCUT2D eigenvalue weighted by molar-refractivity contribution is 0.102. The number of ether oxygens (including phenoxy) is 1. The lowest BCUT2D eigenvalue weighted by Gasteiger charge is -2.16. The maximum Gasteiger partial charge on any atom is 0.265 e. The molecule has 190 valence electrons. The van der Waals surface area contributed by atoms with Crippen molar-refractivity contribution in [1.82, 2.24) is 0 Å². The van der Waals surface area contributed by atoms with Gasteiger partial charge in [0.1, 0.15) is 22.3 Å². The number of anilines is 2. The van der Waals surface area contributed by atoms with Crippen LogP contribution in [0.25, 0.3) is 11.1 Å². The van der Waals surface area contributed by atoms with Gasteiger partial charge in [0.15, 0.2) is 0 Å². The van der Waals surface area contributed by atoms with Crippen molar-refractivity contribution in [2.24, 2.45) is 0 Å². The first-order valence-corrected chi connectivity index (χ1v) is 12.7. The summed E-state index contributed by atoms with van der Waals surface area (Å²) in [4.78, 5) is 12.6. The molecule has 0 radical (unpaired) electrons. The van der Waals surface area contributed by atoms with Gasteiger partial charge in [-0.05, 0) is 78.6 Å². The second-order valence-corrected chi connectivity index (χ2v) is 10.0. The van der Waals surface area contributed by atoms with Crippen LogP contribution in [-0.4, -0.2) is 21.4 Å². The molecule has 0 saturated heterocycles. The molecule has 0 aliphatic rings. The molecule has 4 aromatic rings. The quantitative estimate of drug-likeness (QED) is 0.298. The third-order valence-corrected chi connectivity index (χ3v) is 7.19. The summed E-state index contributed by atoms with van der Waals surface area (Å²) in [6.45, 7) is 3.57. The number of carbonyl (C=O) groups is 1.